The Kier molecular flexibility index (Phi) is 3.57. The Bertz CT molecular complexity index is 601. The van der Waals surface area contributed by atoms with E-state index in [9.17, 15) is 13.2 Å². The zero-order valence-corrected chi connectivity index (χ0v) is 11.7. The first kappa shape index (κ1) is 14.3. The number of hydrogen-bond donors (Lipinski definition) is 0. The first-order chi connectivity index (χ1) is 9.97. The molecule has 1 aliphatic heterocycles. The molecule has 0 aliphatic carbocycles. The molecule has 0 N–H and O–H groups in total. The Labute approximate surface area is 121 Å². The van der Waals surface area contributed by atoms with Crippen molar-refractivity contribution in [1.82, 2.24) is 15.4 Å². The van der Waals surface area contributed by atoms with Crippen LogP contribution in [0, 0.1) is 0 Å². The molecule has 0 bridgehead atoms. The van der Waals surface area contributed by atoms with Crippen LogP contribution in [0.2, 0.25) is 0 Å². The van der Waals surface area contributed by atoms with Crippen LogP contribution in [0.4, 0.5) is 18.3 Å². The number of nitrogens with zero attached hydrogens (tertiary/aromatic N) is 4. The van der Waals surface area contributed by atoms with Crippen LogP contribution in [0.25, 0.3) is 10.7 Å². The third-order valence-electron chi connectivity index (χ3n) is 3.20. The maximum absolute atomic E-state index is 12.9. The Morgan fingerprint density at radius 1 is 1.38 bits per heavy atom. The van der Waals surface area contributed by atoms with Gasteiger partial charge in [0.1, 0.15) is 12.0 Å². The highest BCUT2D eigenvalue weighted by molar-refractivity contribution is 7.18. The van der Waals surface area contributed by atoms with Gasteiger partial charge in [-0.2, -0.15) is 13.2 Å². The van der Waals surface area contributed by atoms with Crippen molar-refractivity contribution in [2.75, 3.05) is 18.1 Å². The average molecular weight is 320 g/mol. The van der Waals surface area contributed by atoms with Crippen LogP contribution in [-0.2, 0) is 4.74 Å². The predicted octanol–water partition coefficient (Wildman–Crippen LogP) is 2.35. The molecule has 2 unspecified atom stereocenters. The van der Waals surface area contributed by atoms with E-state index < -0.39 is 18.3 Å². The molecule has 0 amide bonds. The van der Waals surface area contributed by atoms with Gasteiger partial charge >= 0.3 is 6.18 Å². The van der Waals surface area contributed by atoms with Gasteiger partial charge in [0.25, 0.3) is 0 Å². The van der Waals surface area contributed by atoms with Crippen molar-refractivity contribution < 1.29 is 22.4 Å². The number of aromatic nitrogens is 3. The number of hydrogen-bond acceptors (Lipinski definition) is 7. The van der Waals surface area contributed by atoms with E-state index in [1.807, 2.05) is 0 Å². The minimum Gasteiger partial charge on any atom is -0.365 e. The lowest BCUT2D eigenvalue weighted by Gasteiger charge is -2.39. The van der Waals surface area contributed by atoms with E-state index in [2.05, 4.69) is 15.4 Å². The summed E-state index contributed by atoms with van der Waals surface area (Å²) >= 11 is 1.17. The summed E-state index contributed by atoms with van der Waals surface area (Å²) < 4.78 is 48.3. The van der Waals surface area contributed by atoms with Gasteiger partial charge in [-0.05, 0) is 6.92 Å². The lowest BCUT2D eigenvalue weighted by atomic mass is 10.1. The van der Waals surface area contributed by atoms with E-state index in [1.165, 1.54) is 24.5 Å². The SMILES string of the molecule is CC1C(C(F)(F)F)OCCN1c1nnc(-c2ccon2)s1. The molecule has 3 rings (SSSR count). The van der Waals surface area contributed by atoms with Gasteiger partial charge in [-0.3, -0.25) is 0 Å². The molecule has 0 saturated carbocycles. The Hall–Kier alpha value is -1.68. The molecule has 2 aromatic heterocycles. The van der Waals surface area contributed by atoms with Gasteiger partial charge in [-0.1, -0.05) is 16.5 Å². The van der Waals surface area contributed by atoms with Gasteiger partial charge in [0.05, 0.1) is 12.6 Å². The maximum atomic E-state index is 12.9. The van der Waals surface area contributed by atoms with E-state index in [0.717, 1.165) is 0 Å². The van der Waals surface area contributed by atoms with Crippen molar-refractivity contribution >= 4 is 16.5 Å². The molecule has 2 atom stereocenters. The number of morpholine rings is 1. The smallest absolute Gasteiger partial charge is 0.365 e. The van der Waals surface area contributed by atoms with Gasteiger partial charge in [0, 0.05) is 12.6 Å². The first-order valence-corrected chi connectivity index (χ1v) is 6.97. The van der Waals surface area contributed by atoms with Crippen LogP contribution in [0.1, 0.15) is 6.92 Å². The van der Waals surface area contributed by atoms with E-state index in [-0.39, 0.29) is 6.61 Å². The monoisotopic (exact) mass is 320 g/mol. The van der Waals surface area contributed by atoms with E-state index in [1.54, 1.807) is 11.0 Å². The van der Waals surface area contributed by atoms with Crippen LogP contribution in [0.5, 0.6) is 0 Å². The highest BCUT2D eigenvalue weighted by Gasteiger charge is 2.48. The zero-order chi connectivity index (χ0) is 15.0. The minimum absolute atomic E-state index is 0.00656. The second-order valence-electron chi connectivity index (χ2n) is 4.54. The third-order valence-corrected chi connectivity index (χ3v) is 4.18. The summed E-state index contributed by atoms with van der Waals surface area (Å²) in [7, 11) is 0. The summed E-state index contributed by atoms with van der Waals surface area (Å²) in [5, 5.41) is 12.5. The average Bonchev–Trinajstić information content (AvgIpc) is 3.08. The Balaban J connectivity index is 1.83. The second kappa shape index (κ2) is 5.26. The fourth-order valence-corrected chi connectivity index (χ4v) is 3.10. The Morgan fingerprint density at radius 2 is 2.19 bits per heavy atom. The number of alkyl halides is 3. The van der Waals surface area contributed by atoms with Gasteiger partial charge in [0.2, 0.25) is 5.13 Å². The minimum atomic E-state index is -4.41. The summed E-state index contributed by atoms with van der Waals surface area (Å²) in [6, 6.07) is 0.753. The van der Waals surface area contributed by atoms with E-state index in [4.69, 9.17) is 9.26 Å². The van der Waals surface area contributed by atoms with Crippen molar-refractivity contribution in [2.24, 2.45) is 0 Å². The molecule has 0 spiro atoms. The van der Waals surface area contributed by atoms with Crippen LogP contribution < -0.4 is 4.90 Å². The van der Waals surface area contributed by atoms with Gasteiger partial charge < -0.3 is 14.2 Å². The molecule has 2 aromatic rings. The largest absolute Gasteiger partial charge is 0.416 e. The third kappa shape index (κ3) is 2.72. The zero-order valence-electron chi connectivity index (χ0n) is 10.9. The highest BCUT2D eigenvalue weighted by Crippen LogP contribution is 2.35. The highest BCUT2D eigenvalue weighted by atomic mass is 32.1. The van der Waals surface area contributed by atoms with Crippen LogP contribution in [-0.4, -0.2) is 46.8 Å². The molecule has 114 valence electrons. The molecule has 6 nitrogen and oxygen atoms in total. The number of halogens is 3. The summed E-state index contributed by atoms with van der Waals surface area (Å²) in [4.78, 5) is 1.56. The van der Waals surface area contributed by atoms with Gasteiger partial charge in [-0.15, -0.1) is 10.2 Å². The molecule has 0 radical (unpaired) electrons. The fraction of sp³-hybridized carbons (Fsp3) is 0.545. The second-order valence-corrected chi connectivity index (χ2v) is 5.50. The molecule has 0 aromatic carbocycles. The molecular formula is C11H11F3N4O2S. The van der Waals surface area contributed by atoms with Gasteiger partial charge in [0.15, 0.2) is 11.1 Å². The van der Waals surface area contributed by atoms with Crippen LogP contribution in [0.15, 0.2) is 16.9 Å². The lowest BCUT2D eigenvalue weighted by molar-refractivity contribution is -0.231. The summed E-state index contributed by atoms with van der Waals surface area (Å²) in [5.74, 6) is 0. The van der Waals surface area contributed by atoms with Crippen molar-refractivity contribution in [3.8, 4) is 10.7 Å². The normalized spacial score (nSPS) is 23.5. The summed E-state index contributed by atoms with van der Waals surface area (Å²) in [5.41, 5.74) is 0.507. The number of rotatable bonds is 2. The van der Waals surface area contributed by atoms with E-state index >= 15 is 0 Å². The molecule has 21 heavy (non-hydrogen) atoms. The van der Waals surface area contributed by atoms with Crippen LogP contribution in [0.3, 0.4) is 0 Å². The standard InChI is InChI=1S/C11H11F3N4O2S/c1-6-8(11(12,13)14)19-5-3-18(6)10-16-15-9(21-10)7-2-4-20-17-7/h2,4,6,8H,3,5H2,1H3. The Morgan fingerprint density at radius 3 is 2.86 bits per heavy atom. The van der Waals surface area contributed by atoms with Crippen molar-refractivity contribution in [2.45, 2.75) is 25.2 Å². The number of ether oxygens (including phenoxy) is 1. The molecule has 1 saturated heterocycles. The lowest BCUT2D eigenvalue weighted by Crippen LogP contribution is -2.55. The molecule has 1 aliphatic rings. The van der Waals surface area contributed by atoms with E-state index in [0.29, 0.717) is 22.4 Å². The molecule has 1 fully saturated rings. The topological polar surface area (TPSA) is 64.3 Å². The van der Waals surface area contributed by atoms with Gasteiger partial charge in [-0.25, -0.2) is 0 Å². The molecule has 3 heterocycles. The van der Waals surface area contributed by atoms with Crippen molar-refractivity contribution in [3.05, 3.63) is 12.3 Å². The van der Waals surface area contributed by atoms with Crippen molar-refractivity contribution in [1.29, 1.82) is 0 Å². The maximum Gasteiger partial charge on any atom is 0.416 e. The quantitative estimate of drug-likeness (QED) is 0.846. The fourth-order valence-electron chi connectivity index (χ4n) is 2.18. The predicted molar refractivity (Wildman–Crippen MR) is 68.0 cm³/mol. The summed E-state index contributed by atoms with van der Waals surface area (Å²) in [6.07, 6.45) is -4.84. The van der Waals surface area contributed by atoms with Crippen molar-refractivity contribution in [3.63, 3.8) is 0 Å². The first-order valence-electron chi connectivity index (χ1n) is 6.16. The molecule has 10 heteroatoms. The van der Waals surface area contributed by atoms with Crippen LogP contribution >= 0.6 is 11.3 Å². The molecular weight excluding hydrogens is 309 g/mol. The number of anilines is 1. The summed E-state index contributed by atoms with van der Waals surface area (Å²) in [6.45, 7) is 1.79.